The fraction of sp³-hybridized carbons (Fsp3) is 0.553. The van der Waals surface area contributed by atoms with Gasteiger partial charge in [0.2, 0.25) is 5.91 Å². The standard InChI is InChI=1S/C38H52N2O5/c1-6-23-40(27-29(2)3)24-22-37(33-17-13-18-35(25-33)44-30(4)41)26-34(20-21-38(37,28-40)45-31(5)42)39-36(43)19-12-8-11-16-32-14-9-7-10-15-32/h6-7,9-10,13-15,17-18,25,29,34H,1,8,11-12,16,19-24,26-28H2,2-5H3/p+1/t34-,37+,38?,40-/m0/s1. The summed E-state index contributed by atoms with van der Waals surface area (Å²) in [7, 11) is 0. The number of quaternary nitrogens is 1. The second kappa shape index (κ2) is 15.2. The van der Waals surface area contributed by atoms with Crippen LogP contribution < -0.4 is 10.1 Å². The van der Waals surface area contributed by atoms with E-state index in [1.807, 2.05) is 24.3 Å². The minimum atomic E-state index is -0.775. The van der Waals surface area contributed by atoms with E-state index in [4.69, 9.17) is 9.47 Å². The predicted octanol–water partition coefficient (Wildman–Crippen LogP) is 6.69. The highest BCUT2D eigenvalue weighted by atomic mass is 16.6. The van der Waals surface area contributed by atoms with Crippen molar-refractivity contribution in [3.05, 3.63) is 78.4 Å². The third-order valence-corrected chi connectivity index (χ3v) is 9.80. The Bertz CT molecular complexity index is 1330. The van der Waals surface area contributed by atoms with Gasteiger partial charge >= 0.3 is 11.9 Å². The Labute approximate surface area is 270 Å². The first-order chi connectivity index (χ1) is 21.5. The number of carbonyl (C=O) groups excluding carboxylic acids is 3. The molecule has 244 valence electrons. The van der Waals surface area contributed by atoms with Gasteiger partial charge in [-0.05, 0) is 67.9 Å². The highest BCUT2D eigenvalue weighted by Crippen LogP contribution is 2.55. The number of rotatable bonds is 14. The summed E-state index contributed by atoms with van der Waals surface area (Å²) in [4.78, 5) is 38.0. The Hall–Kier alpha value is -3.45. The molecule has 2 aliphatic rings. The number of hydrogen-bond acceptors (Lipinski definition) is 5. The zero-order chi connectivity index (χ0) is 32.5. The van der Waals surface area contributed by atoms with Gasteiger partial charge in [0, 0.05) is 44.1 Å². The molecule has 4 rings (SSSR count). The molecule has 2 aromatic carbocycles. The van der Waals surface area contributed by atoms with Gasteiger partial charge in [0.25, 0.3) is 0 Å². The number of amides is 1. The van der Waals surface area contributed by atoms with Crippen molar-refractivity contribution in [3.8, 4) is 5.75 Å². The second-order valence-corrected chi connectivity index (χ2v) is 13.9. The van der Waals surface area contributed by atoms with Gasteiger partial charge < -0.3 is 19.3 Å². The van der Waals surface area contributed by atoms with Gasteiger partial charge in [-0.1, -0.05) is 69.3 Å². The van der Waals surface area contributed by atoms with Crippen molar-refractivity contribution in [2.45, 2.75) is 103 Å². The van der Waals surface area contributed by atoms with Gasteiger partial charge in [0.1, 0.15) is 12.3 Å². The highest BCUT2D eigenvalue weighted by Gasteiger charge is 2.65. The molecule has 1 unspecified atom stereocenters. The first-order valence-corrected chi connectivity index (χ1v) is 16.8. The van der Waals surface area contributed by atoms with Crippen LogP contribution in [0.2, 0.25) is 0 Å². The fourth-order valence-corrected chi connectivity index (χ4v) is 8.26. The lowest BCUT2D eigenvalue weighted by atomic mass is 9.54. The van der Waals surface area contributed by atoms with E-state index in [1.165, 1.54) is 19.4 Å². The number of piperidine rings is 1. The first kappa shape index (κ1) is 34.4. The maximum Gasteiger partial charge on any atom is 0.308 e. The average molecular weight is 618 g/mol. The molecular weight excluding hydrogens is 564 g/mol. The lowest BCUT2D eigenvalue weighted by Gasteiger charge is -2.61. The van der Waals surface area contributed by atoms with Crippen LogP contribution >= 0.6 is 0 Å². The molecule has 1 amide bonds. The van der Waals surface area contributed by atoms with Crippen molar-refractivity contribution in [3.63, 3.8) is 0 Å². The monoisotopic (exact) mass is 617 g/mol. The summed E-state index contributed by atoms with van der Waals surface area (Å²) in [6.45, 7) is 14.8. The zero-order valence-corrected chi connectivity index (χ0v) is 27.8. The van der Waals surface area contributed by atoms with Crippen LogP contribution in [0, 0.1) is 5.92 Å². The molecule has 0 spiro atoms. The average Bonchev–Trinajstić information content (AvgIpc) is 2.97. The molecule has 4 atom stereocenters. The number of hydrogen-bond donors (Lipinski definition) is 1. The van der Waals surface area contributed by atoms with Crippen LogP contribution in [0.4, 0.5) is 0 Å². The number of benzene rings is 2. The molecule has 7 heteroatoms. The van der Waals surface area contributed by atoms with E-state index in [2.05, 4.69) is 56.1 Å². The van der Waals surface area contributed by atoms with Crippen LogP contribution in [0.15, 0.2) is 67.3 Å². The van der Waals surface area contributed by atoms with E-state index < -0.39 is 11.0 Å². The number of nitrogens with one attached hydrogen (secondary N) is 1. The van der Waals surface area contributed by atoms with Crippen LogP contribution in [0.1, 0.15) is 90.2 Å². The molecule has 0 aromatic heterocycles. The highest BCUT2D eigenvalue weighted by molar-refractivity contribution is 5.76. The van der Waals surface area contributed by atoms with E-state index in [9.17, 15) is 14.4 Å². The molecule has 1 aliphatic carbocycles. The molecule has 0 bridgehead atoms. The van der Waals surface area contributed by atoms with Crippen molar-refractivity contribution >= 4 is 17.8 Å². The van der Waals surface area contributed by atoms with Gasteiger partial charge in [-0.25, -0.2) is 0 Å². The smallest absolute Gasteiger partial charge is 0.308 e. The molecule has 0 radical (unpaired) electrons. The predicted molar refractivity (Wildman–Crippen MR) is 178 cm³/mol. The van der Waals surface area contributed by atoms with Crippen molar-refractivity contribution in [2.75, 3.05) is 26.2 Å². The number of nitrogens with zero attached hydrogens (tertiary/aromatic N) is 1. The maximum absolute atomic E-state index is 13.2. The molecule has 1 N–H and O–H groups in total. The normalized spacial score (nSPS) is 26.0. The van der Waals surface area contributed by atoms with Crippen molar-refractivity contribution in [1.29, 1.82) is 0 Å². The van der Waals surface area contributed by atoms with Gasteiger partial charge in [-0.15, -0.1) is 0 Å². The van der Waals surface area contributed by atoms with Gasteiger partial charge in [-0.3, -0.25) is 14.4 Å². The Balaban J connectivity index is 1.58. The van der Waals surface area contributed by atoms with E-state index in [-0.39, 0.29) is 23.9 Å². The fourth-order valence-electron chi connectivity index (χ4n) is 8.26. The molecule has 1 saturated heterocycles. The number of esters is 2. The number of carbonyl (C=O) groups is 3. The van der Waals surface area contributed by atoms with Crippen LogP contribution in [-0.4, -0.2) is 60.2 Å². The molecule has 1 heterocycles. The van der Waals surface area contributed by atoms with Crippen LogP contribution in [-0.2, 0) is 31.0 Å². The number of ether oxygens (including phenoxy) is 2. The minimum absolute atomic E-state index is 0.0487. The topological polar surface area (TPSA) is 81.7 Å². The van der Waals surface area contributed by atoms with E-state index in [0.717, 1.165) is 68.2 Å². The van der Waals surface area contributed by atoms with E-state index >= 15 is 0 Å². The largest absolute Gasteiger partial charge is 0.452 e. The summed E-state index contributed by atoms with van der Waals surface area (Å²) in [5.41, 5.74) is 0.992. The lowest BCUT2D eigenvalue weighted by Crippen LogP contribution is -2.74. The number of unbranched alkanes of at least 4 members (excludes halogenated alkanes) is 2. The van der Waals surface area contributed by atoms with Crippen molar-refractivity contribution in [1.82, 2.24) is 5.32 Å². The molecule has 7 nitrogen and oxygen atoms in total. The summed E-state index contributed by atoms with van der Waals surface area (Å²) in [6.07, 6.45) is 9.25. The van der Waals surface area contributed by atoms with Crippen LogP contribution in [0.5, 0.6) is 5.75 Å². The third-order valence-electron chi connectivity index (χ3n) is 9.80. The zero-order valence-electron chi connectivity index (χ0n) is 27.8. The van der Waals surface area contributed by atoms with Gasteiger partial charge in [-0.2, -0.15) is 0 Å². The van der Waals surface area contributed by atoms with Crippen molar-refractivity contribution in [2.24, 2.45) is 5.92 Å². The summed E-state index contributed by atoms with van der Waals surface area (Å²) < 4.78 is 12.8. The number of aryl methyl sites for hydroxylation is 1. The first-order valence-electron chi connectivity index (χ1n) is 16.8. The molecule has 2 fully saturated rings. The Kier molecular flexibility index (Phi) is 11.6. The molecule has 2 aromatic rings. The quantitative estimate of drug-likeness (QED) is 0.0841. The van der Waals surface area contributed by atoms with Crippen LogP contribution in [0.3, 0.4) is 0 Å². The van der Waals surface area contributed by atoms with Gasteiger partial charge in [0.15, 0.2) is 5.60 Å². The second-order valence-electron chi connectivity index (χ2n) is 13.9. The maximum atomic E-state index is 13.2. The number of fused-ring (bicyclic) bond motifs is 1. The minimum Gasteiger partial charge on any atom is -0.452 e. The number of likely N-dealkylation sites (tertiary alicyclic amines) is 1. The lowest BCUT2D eigenvalue weighted by molar-refractivity contribution is -0.938. The molecular formula is C38H53N2O5+. The SMILES string of the molecule is C=CC[N@@+]1(CC(C)C)CC[C@]2(c3cccc(OC(C)=O)c3)C[C@@H](NC(=O)CCCCCc3ccccc3)CCC2(OC(C)=O)C1. The molecule has 1 aliphatic heterocycles. The Morgan fingerprint density at radius 3 is 2.49 bits per heavy atom. The summed E-state index contributed by atoms with van der Waals surface area (Å²) in [5.74, 6) is 0.345. The van der Waals surface area contributed by atoms with E-state index in [1.54, 1.807) is 6.07 Å². The Morgan fingerprint density at radius 1 is 1.02 bits per heavy atom. The molecule has 1 saturated carbocycles. The molecule has 45 heavy (non-hydrogen) atoms. The van der Waals surface area contributed by atoms with Gasteiger partial charge in [0.05, 0.1) is 19.6 Å². The van der Waals surface area contributed by atoms with Crippen LogP contribution in [0.25, 0.3) is 0 Å². The summed E-state index contributed by atoms with van der Waals surface area (Å²) in [6, 6.07) is 18.1. The summed E-state index contributed by atoms with van der Waals surface area (Å²) in [5, 5.41) is 3.36. The Morgan fingerprint density at radius 2 is 1.80 bits per heavy atom. The summed E-state index contributed by atoms with van der Waals surface area (Å²) >= 11 is 0. The van der Waals surface area contributed by atoms with Crippen molar-refractivity contribution < 1.29 is 28.3 Å². The van der Waals surface area contributed by atoms with E-state index in [0.29, 0.717) is 37.5 Å². The third kappa shape index (κ3) is 8.63.